The van der Waals surface area contributed by atoms with Crippen molar-refractivity contribution in [2.75, 3.05) is 0 Å². The Balaban J connectivity index is 1.37. The summed E-state index contributed by atoms with van der Waals surface area (Å²) < 4.78 is 0. The summed E-state index contributed by atoms with van der Waals surface area (Å²) in [5.41, 5.74) is 14.1. The molecule has 8 rings (SSSR count). The summed E-state index contributed by atoms with van der Waals surface area (Å²) in [5.74, 6) is 2.01. The number of aryl methyl sites for hydroxylation is 2. The normalized spacial score (nSPS) is 14.0. The van der Waals surface area contributed by atoms with Crippen LogP contribution >= 0.6 is 0 Å². The molecular formula is C46H38N4. The molecule has 2 aromatic heterocycles. The number of aromatic nitrogens is 4. The van der Waals surface area contributed by atoms with Gasteiger partial charge in [-0.15, -0.1) is 0 Å². The highest BCUT2D eigenvalue weighted by atomic mass is 15.0. The molecule has 0 bridgehead atoms. The second-order valence-electron chi connectivity index (χ2n) is 12.9. The molecule has 0 unspecified atom stereocenters. The van der Waals surface area contributed by atoms with Gasteiger partial charge in [-0.05, 0) is 96.7 Å². The second kappa shape index (κ2) is 13.9. The SMILES string of the molecule is Cc1ccc(-c2ccc(-c3nc(C4=CCCC=C4)nc(-c4c(C5=CCCC=C5)cc(-c5ccccc5)cc4-c4ccccc4)n3)cc2)c(C)n1. The topological polar surface area (TPSA) is 51.6 Å². The number of hydrogen-bond donors (Lipinski definition) is 0. The first-order valence-electron chi connectivity index (χ1n) is 17.5. The molecule has 2 aliphatic rings. The molecule has 4 heteroatoms. The summed E-state index contributed by atoms with van der Waals surface area (Å²) in [4.78, 5) is 20.4. The van der Waals surface area contributed by atoms with Gasteiger partial charge in [-0.3, -0.25) is 4.98 Å². The average molecular weight is 647 g/mol. The molecule has 0 amide bonds. The molecule has 4 nitrogen and oxygen atoms in total. The number of hydrogen-bond acceptors (Lipinski definition) is 4. The summed E-state index contributed by atoms with van der Waals surface area (Å²) in [5, 5.41) is 0. The fourth-order valence-electron chi connectivity index (χ4n) is 6.88. The van der Waals surface area contributed by atoms with E-state index < -0.39 is 0 Å². The molecule has 50 heavy (non-hydrogen) atoms. The third-order valence-corrected chi connectivity index (χ3v) is 9.43. The van der Waals surface area contributed by atoms with Gasteiger partial charge in [-0.2, -0.15) is 0 Å². The van der Waals surface area contributed by atoms with Gasteiger partial charge in [0.2, 0.25) is 0 Å². The van der Waals surface area contributed by atoms with Gasteiger partial charge < -0.3 is 0 Å². The van der Waals surface area contributed by atoms with Crippen LogP contribution in [0.5, 0.6) is 0 Å². The Labute approximate surface area is 294 Å². The lowest BCUT2D eigenvalue weighted by atomic mass is 9.86. The van der Waals surface area contributed by atoms with Crippen LogP contribution in [0.2, 0.25) is 0 Å². The number of benzene rings is 4. The third-order valence-electron chi connectivity index (χ3n) is 9.43. The first-order chi connectivity index (χ1) is 24.6. The van der Waals surface area contributed by atoms with Crippen molar-refractivity contribution in [2.45, 2.75) is 39.5 Å². The molecule has 242 valence electrons. The molecular weight excluding hydrogens is 609 g/mol. The molecule has 0 fully saturated rings. The van der Waals surface area contributed by atoms with Crippen LogP contribution < -0.4 is 0 Å². The van der Waals surface area contributed by atoms with Crippen LogP contribution in [-0.4, -0.2) is 19.9 Å². The van der Waals surface area contributed by atoms with Crippen molar-refractivity contribution in [1.82, 2.24) is 19.9 Å². The molecule has 0 atom stereocenters. The van der Waals surface area contributed by atoms with E-state index in [1.807, 2.05) is 6.92 Å². The van der Waals surface area contributed by atoms with Gasteiger partial charge in [-0.1, -0.05) is 127 Å². The van der Waals surface area contributed by atoms with Gasteiger partial charge in [0.05, 0.1) is 0 Å². The van der Waals surface area contributed by atoms with Crippen molar-refractivity contribution >= 4 is 11.1 Å². The maximum Gasteiger partial charge on any atom is 0.165 e. The maximum atomic E-state index is 5.31. The molecule has 6 aromatic rings. The smallest absolute Gasteiger partial charge is 0.165 e. The van der Waals surface area contributed by atoms with Gasteiger partial charge in [0, 0.05) is 33.7 Å². The lowest BCUT2D eigenvalue weighted by Crippen LogP contribution is -2.06. The van der Waals surface area contributed by atoms with E-state index in [-0.39, 0.29) is 0 Å². The molecule has 2 aliphatic carbocycles. The predicted molar refractivity (Wildman–Crippen MR) is 207 cm³/mol. The van der Waals surface area contributed by atoms with Crippen molar-refractivity contribution in [1.29, 1.82) is 0 Å². The van der Waals surface area contributed by atoms with E-state index in [1.165, 1.54) is 11.1 Å². The monoisotopic (exact) mass is 646 g/mol. The van der Waals surface area contributed by atoms with Gasteiger partial charge in [0.1, 0.15) is 0 Å². The van der Waals surface area contributed by atoms with E-state index in [1.54, 1.807) is 0 Å². The minimum absolute atomic E-state index is 0.653. The number of allylic oxidation sites excluding steroid dienone is 8. The number of nitrogens with zero attached hydrogens (tertiary/aromatic N) is 4. The van der Waals surface area contributed by atoms with Crippen molar-refractivity contribution in [3.63, 3.8) is 0 Å². The Bertz CT molecular complexity index is 2310. The van der Waals surface area contributed by atoms with Crippen molar-refractivity contribution in [3.05, 3.63) is 168 Å². The molecule has 0 saturated heterocycles. The lowest BCUT2D eigenvalue weighted by Gasteiger charge is -2.20. The Kier molecular flexibility index (Phi) is 8.67. The zero-order valence-corrected chi connectivity index (χ0v) is 28.5. The van der Waals surface area contributed by atoms with Crippen LogP contribution in [0.25, 0.3) is 67.3 Å². The first kappa shape index (κ1) is 31.3. The van der Waals surface area contributed by atoms with E-state index in [0.29, 0.717) is 17.5 Å². The highest BCUT2D eigenvalue weighted by molar-refractivity contribution is 5.96. The van der Waals surface area contributed by atoms with E-state index in [4.69, 9.17) is 15.0 Å². The minimum atomic E-state index is 0.653. The van der Waals surface area contributed by atoms with Gasteiger partial charge >= 0.3 is 0 Å². The largest absolute Gasteiger partial charge is 0.258 e. The summed E-state index contributed by atoms with van der Waals surface area (Å²) in [6.45, 7) is 4.09. The van der Waals surface area contributed by atoms with Gasteiger partial charge in [0.25, 0.3) is 0 Å². The predicted octanol–water partition coefficient (Wildman–Crippen LogP) is 11.7. The van der Waals surface area contributed by atoms with Crippen LogP contribution in [0.15, 0.2) is 146 Å². The maximum absolute atomic E-state index is 5.31. The van der Waals surface area contributed by atoms with E-state index >= 15 is 0 Å². The number of pyridine rings is 1. The summed E-state index contributed by atoms with van der Waals surface area (Å²) in [6, 6.07) is 38.6. The zero-order valence-electron chi connectivity index (χ0n) is 28.5. The second-order valence-corrected chi connectivity index (χ2v) is 12.9. The molecule has 4 aromatic carbocycles. The quantitative estimate of drug-likeness (QED) is 0.173. The minimum Gasteiger partial charge on any atom is -0.258 e. The fourth-order valence-corrected chi connectivity index (χ4v) is 6.88. The van der Waals surface area contributed by atoms with Gasteiger partial charge in [-0.25, -0.2) is 15.0 Å². The van der Waals surface area contributed by atoms with Crippen LogP contribution in [0, 0.1) is 13.8 Å². The average Bonchev–Trinajstić information content (AvgIpc) is 3.19. The summed E-state index contributed by atoms with van der Waals surface area (Å²) >= 11 is 0. The molecule has 0 saturated carbocycles. The van der Waals surface area contributed by atoms with Crippen LogP contribution in [-0.2, 0) is 0 Å². The highest BCUT2D eigenvalue weighted by Gasteiger charge is 2.23. The van der Waals surface area contributed by atoms with Crippen LogP contribution in [0.3, 0.4) is 0 Å². The summed E-state index contributed by atoms with van der Waals surface area (Å²) in [6.07, 6.45) is 17.5. The van der Waals surface area contributed by atoms with Crippen LogP contribution in [0.1, 0.15) is 48.5 Å². The third kappa shape index (κ3) is 6.40. The zero-order chi connectivity index (χ0) is 33.9. The van der Waals surface area contributed by atoms with E-state index in [2.05, 4.69) is 158 Å². The Morgan fingerprint density at radius 2 is 1.00 bits per heavy atom. The van der Waals surface area contributed by atoms with Crippen molar-refractivity contribution < 1.29 is 0 Å². The van der Waals surface area contributed by atoms with Crippen molar-refractivity contribution in [2.24, 2.45) is 0 Å². The standard InChI is InChI=1S/C46H38N4/c1-31-23-28-40(32(2)47-31)36-24-26-38(27-25-36)45-48-44(37-21-13-6-14-22-37)49-46(50-45)43-41(34-17-9-4-10-18-34)29-39(33-15-7-3-8-16-33)30-42(43)35-19-11-5-12-20-35/h3-4,7-11,13,15-30H,5-6,12,14H2,1-2H3. The lowest BCUT2D eigenvalue weighted by molar-refractivity contribution is 1.01. The molecule has 2 heterocycles. The Morgan fingerprint density at radius 1 is 0.420 bits per heavy atom. The van der Waals surface area contributed by atoms with Crippen molar-refractivity contribution in [3.8, 4) is 56.2 Å². The van der Waals surface area contributed by atoms with Crippen LogP contribution in [0.4, 0.5) is 0 Å². The fraction of sp³-hybridized carbons (Fsp3) is 0.130. The highest BCUT2D eigenvalue weighted by Crippen LogP contribution is 2.42. The molecule has 0 aliphatic heterocycles. The summed E-state index contributed by atoms with van der Waals surface area (Å²) in [7, 11) is 0. The molecule has 0 radical (unpaired) electrons. The molecule has 0 N–H and O–H groups in total. The van der Waals surface area contributed by atoms with E-state index in [0.717, 1.165) is 87.2 Å². The Morgan fingerprint density at radius 3 is 1.66 bits per heavy atom. The Hall–Kier alpha value is -6.00. The van der Waals surface area contributed by atoms with Gasteiger partial charge in [0.15, 0.2) is 17.5 Å². The first-order valence-corrected chi connectivity index (χ1v) is 17.5. The number of rotatable bonds is 7. The molecule has 0 spiro atoms. The van der Waals surface area contributed by atoms with E-state index in [9.17, 15) is 0 Å².